The van der Waals surface area contributed by atoms with Crippen molar-refractivity contribution in [1.82, 2.24) is 0 Å². The SMILES string of the molecule is C=C.C=C(N)CCc1ccc2c(c1)CC(=C)C(c1ccc(NC)cc1)=C2.CC. The minimum absolute atomic E-state index is 0.740. The molecule has 1 aliphatic rings. The average molecular weight is 375 g/mol. The molecule has 0 spiro atoms. The minimum Gasteiger partial charge on any atom is -0.403 e. The van der Waals surface area contributed by atoms with Crippen LogP contribution in [0.15, 0.2) is 80.1 Å². The number of benzene rings is 2. The summed E-state index contributed by atoms with van der Waals surface area (Å²) in [5.74, 6) is 0. The fourth-order valence-corrected chi connectivity index (χ4v) is 3.10. The maximum Gasteiger partial charge on any atom is 0.0337 e. The average Bonchev–Trinajstić information content (AvgIpc) is 2.74. The van der Waals surface area contributed by atoms with Crippen molar-refractivity contribution in [3.05, 3.63) is 102 Å². The van der Waals surface area contributed by atoms with Gasteiger partial charge in [-0.1, -0.05) is 57.3 Å². The molecule has 0 amide bonds. The number of anilines is 1. The van der Waals surface area contributed by atoms with Gasteiger partial charge in [0.05, 0.1) is 0 Å². The Kier molecular flexibility index (Phi) is 9.59. The fourth-order valence-electron chi connectivity index (χ4n) is 3.10. The van der Waals surface area contributed by atoms with Gasteiger partial charge in [-0.2, -0.15) is 0 Å². The number of hydrogen-bond donors (Lipinski definition) is 2. The minimum atomic E-state index is 0.740. The lowest BCUT2D eigenvalue weighted by Crippen LogP contribution is -2.04. The predicted molar refractivity (Wildman–Crippen MR) is 127 cm³/mol. The lowest BCUT2D eigenvalue weighted by atomic mass is 9.84. The standard InChI is InChI=1S/C22H24N2.C2H6.C2H4/c1-15-12-20-13-17(5-4-16(2)23)6-7-19(20)14-22(15)18-8-10-21(24-3)11-9-18;2*1-2/h6-11,13-14,24H,1-2,4-5,12,23H2,3H3;1-2H3;1-2H2. The highest BCUT2D eigenvalue weighted by Crippen LogP contribution is 2.34. The molecule has 0 bridgehead atoms. The monoisotopic (exact) mass is 374 g/mol. The van der Waals surface area contributed by atoms with Crippen LogP contribution in [0.5, 0.6) is 0 Å². The van der Waals surface area contributed by atoms with Gasteiger partial charge in [-0.05, 0) is 70.9 Å². The number of fused-ring (bicyclic) bond motifs is 1. The maximum atomic E-state index is 5.68. The first-order chi connectivity index (χ1) is 13.6. The third-order valence-corrected chi connectivity index (χ3v) is 4.51. The van der Waals surface area contributed by atoms with E-state index in [9.17, 15) is 0 Å². The molecule has 0 aromatic heterocycles. The maximum absolute atomic E-state index is 5.68. The fraction of sp³-hybridized carbons (Fsp3) is 0.231. The van der Waals surface area contributed by atoms with E-state index in [-0.39, 0.29) is 0 Å². The van der Waals surface area contributed by atoms with Crippen molar-refractivity contribution in [2.45, 2.75) is 33.1 Å². The molecular formula is C26H34N2. The normalized spacial score (nSPS) is 11.7. The summed E-state index contributed by atoms with van der Waals surface area (Å²) in [7, 11) is 1.93. The van der Waals surface area contributed by atoms with Crippen LogP contribution in [-0.2, 0) is 12.8 Å². The second kappa shape index (κ2) is 11.7. The Morgan fingerprint density at radius 1 is 1.07 bits per heavy atom. The van der Waals surface area contributed by atoms with Crippen LogP contribution in [0.4, 0.5) is 5.69 Å². The largest absolute Gasteiger partial charge is 0.403 e. The van der Waals surface area contributed by atoms with Gasteiger partial charge >= 0.3 is 0 Å². The molecule has 0 radical (unpaired) electrons. The molecule has 0 atom stereocenters. The topological polar surface area (TPSA) is 38.0 Å². The number of nitrogens with one attached hydrogen (secondary N) is 1. The van der Waals surface area contributed by atoms with Gasteiger partial charge in [-0.25, -0.2) is 0 Å². The predicted octanol–water partition coefficient (Wildman–Crippen LogP) is 6.61. The second-order valence-electron chi connectivity index (χ2n) is 6.36. The van der Waals surface area contributed by atoms with Crippen molar-refractivity contribution in [2.24, 2.45) is 5.73 Å². The summed E-state index contributed by atoms with van der Waals surface area (Å²) in [6.45, 7) is 18.1. The molecule has 2 aromatic carbocycles. The summed E-state index contributed by atoms with van der Waals surface area (Å²) in [5, 5.41) is 3.15. The van der Waals surface area contributed by atoms with Crippen molar-refractivity contribution in [3.8, 4) is 0 Å². The van der Waals surface area contributed by atoms with Gasteiger partial charge in [0.1, 0.15) is 0 Å². The summed E-state index contributed by atoms with van der Waals surface area (Å²) in [4.78, 5) is 0. The van der Waals surface area contributed by atoms with E-state index in [1.54, 1.807) is 0 Å². The lowest BCUT2D eigenvalue weighted by Gasteiger charge is -2.20. The molecular weight excluding hydrogens is 340 g/mol. The summed E-state index contributed by atoms with van der Waals surface area (Å²) in [6.07, 6.45) is 4.92. The van der Waals surface area contributed by atoms with Crippen LogP contribution in [0.25, 0.3) is 11.6 Å². The molecule has 0 heterocycles. The molecule has 0 fully saturated rings. The molecule has 0 saturated heterocycles. The Morgan fingerprint density at radius 3 is 2.29 bits per heavy atom. The molecule has 2 nitrogen and oxygen atoms in total. The Balaban J connectivity index is 0.000000921. The quantitative estimate of drug-likeness (QED) is 0.578. The van der Waals surface area contributed by atoms with Gasteiger partial charge in [-0.15, -0.1) is 13.2 Å². The third-order valence-electron chi connectivity index (χ3n) is 4.51. The van der Waals surface area contributed by atoms with E-state index in [0.29, 0.717) is 0 Å². The highest BCUT2D eigenvalue weighted by atomic mass is 14.8. The van der Waals surface area contributed by atoms with Gasteiger partial charge < -0.3 is 11.1 Å². The van der Waals surface area contributed by atoms with E-state index < -0.39 is 0 Å². The summed E-state index contributed by atoms with van der Waals surface area (Å²) in [5.41, 5.74) is 15.1. The van der Waals surface area contributed by atoms with Gasteiger partial charge in [0.25, 0.3) is 0 Å². The zero-order valence-electron chi connectivity index (χ0n) is 17.6. The van der Waals surface area contributed by atoms with Crippen LogP contribution >= 0.6 is 0 Å². The van der Waals surface area contributed by atoms with Gasteiger partial charge in [0.2, 0.25) is 0 Å². The van der Waals surface area contributed by atoms with Gasteiger partial charge in [0.15, 0.2) is 0 Å². The van der Waals surface area contributed by atoms with E-state index in [4.69, 9.17) is 5.73 Å². The molecule has 3 rings (SSSR count). The number of hydrogen-bond acceptors (Lipinski definition) is 2. The van der Waals surface area contributed by atoms with Gasteiger partial charge in [0, 0.05) is 18.4 Å². The lowest BCUT2D eigenvalue weighted by molar-refractivity contribution is 0.927. The third kappa shape index (κ3) is 6.02. The molecule has 3 N–H and O–H groups in total. The van der Waals surface area contributed by atoms with Crippen molar-refractivity contribution in [2.75, 3.05) is 12.4 Å². The van der Waals surface area contributed by atoms with E-state index in [1.807, 2.05) is 20.9 Å². The summed E-state index contributed by atoms with van der Waals surface area (Å²) in [6, 6.07) is 15.2. The number of allylic oxidation sites excluding steroid dienone is 3. The zero-order chi connectivity index (χ0) is 21.1. The number of rotatable bonds is 5. The first-order valence-corrected chi connectivity index (χ1v) is 9.80. The second-order valence-corrected chi connectivity index (χ2v) is 6.36. The Hall–Kier alpha value is -3.00. The van der Waals surface area contributed by atoms with Crippen LogP contribution in [0.1, 0.15) is 42.5 Å². The molecule has 2 heteroatoms. The molecule has 1 aliphatic carbocycles. The number of nitrogens with two attached hydrogens (primary N) is 1. The van der Waals surface area contributed by atoms with Crippen LogP contribution in [0, 0.1) is 0 Å². The van der Waals surface area contributed by atoms with E-state index in [1.165, 1.54) is 33.4 Å². The number of aryl methyl sites for hydroxylation is 1. The Labute approximate surface area is 171 Å². The molecule has 0 unspecified atom stereocenters. The van der Waals surface area contributed by atoms with Gasteiger partial charge in [-0.3, -0.25) is 0 Å². The smallest absolute Gasteiger partial charge is 0.0337 e. The van der Waals surface area contributed by atoms with Crippen molar-refractivity contribution >= 4 is 17.3 Å². The molecule has 148 valence electrons. The Morgan fingerprint density at radius 2 is 1.71 bits per heavy atom. The van der Waals surface area contributed by atoms with Crippen LogP contribution in [0.2, 0.25) is 0 Å². The van der Waals surface area contributed by atoms with E-state index in [2.05, 4.69) is 80.2 Å². The van der Waals surface area contributed by atoms with E-state index >= 15 is 0 Å². The van der Waals surface area contributed by atoms with Crippen molar-refractivity contribution in [1.29, 1.82) is 0 Å². The molecule has 2 aromatic rings. The van der Waals surface area contributed by atoms with Crippen molar-refractivity contribution < 1.29 is 0 Å². The van der Waals surface area contributed by atoms with Crippen molar-refractivity contribution in [3.63, 3.8) is 0 Å². The summed E-state index contributed by atoms with van der Waals surface area (Å²) >= 11 is 0. The zero-order valence-corrected chi connectivity index (χ0v) is 17.6. The molecule has 0 aliphatic heterocycles. The molecule has 28 heavy (non-hydrogen) atoms. The van der Waals surface area contributed by atoms with Crippen LogP contribution in [0.3, 0.4) is 0 Å². The first kappa shape index (κ1) is 23.0. The first-order valence-electron chi connectivity index (χ1n) is 9.80. The highest BCUT2D eigenvalue weighted by Gasteiger charge is 2.15. The van der Waals surface area contributed by atoms with Crippen LogP contribution in [-0.4, -0.2) is 7.05 Å². The van der Waals surface area contributed by atoms with E-state index in [0.717, 1.165) is 30.6 Å². The molecule has 0 saturated carbocycles. The highest BCUT2D eigenvalue weighted by molar-refractivity contribution is 5.94. The van der Waals surface area contributed by atoms with Crippen LogP contribution < -0.4 is 11.1 Å². The Bertz CT molecular complexity index is 826. The summed E-state index contributed by atoms with van der Waals surface area (Å²) < 4.78 is 0.